The SMILES string of the molecule is CCc1nc(CCNC(=NC)NC2CC(C)N(Cc3ccccc3)C2)cs1.I. The Kier molecular flexibility index (Phi) is 9.67. The number of benzene rings is 1. The molecule has 28 heavy (non-hydrogen) atoms. The summed E-state index contributed by atoms with van der Waals surface area (Å²) >= 11 is 1.75. The minimum Gasteiger partial charge on any atom is -0.356 e. The van der Waals surface area contributed by atoms with E-state index in [1.165, 1.54) is 16.3 Å². The Hall–Kier alpha value is -1.19. The van der Waals surface area contributed by atoms with Crippen LogP contribution in [0, 0.1) is 0 Å². The number of thiazole rings is 1. The van der Waals surface area contributed by atoms with Crippen LogP contribution in [0.3, 0.4) is 0 Å². The zero-order chi connectivity index (χ0) is 19.1. The molecule has 0 spiro atoms. The standard InChI is InChI=1S/C21H31N5S.HI/c1-4-20-24-18(15-27-20)10-11-23-21(22-3)25-19-12-16(2)26(14-19)13-17-8-6-5-7-9-17;/h5-9,15-16,19H,4,10-14H2,1-3H3,(H2,22,23,25);1H. The number of rotatable bonds is 7. The van der Waals surface area contributed by atoms with Gasteiger partial charge in [0.1, 0.15) is 0 Å². The van der Waals surface area contributed by atoms with E-state index in [-0.39, 0.29) is 24.0 Å². The van der Waals surface area contributed by atoms with E-state index in [9.17, 15) is 0 Å². The molecule has 0 bridgehead atoms. The highest BCUT2D eigenvalue weighted by Gasteiger charge is 2.29. The third-order valence-corrected chi connectivity index (χ3v) is 6.11. The minimum atomic E-state index is 0. The number of hydrogen-bond acceptors (Lipinski definition) is 4. The summed E-state index contributed by atoms with van der Waals surface area (Å²) in [5, 5.41) is 10.4. The van der Waals surface area contributed by atoms with Gasteiger partial charge in [0.25, 0.3) is 0 Å². The van der Waals surface area contributed by atoms with Crippen LogP contribution >= 0.6 is 35.3 Å². The van der Waals surface area contributed by atoms with Crippen molar-refractivity contribution in [1.82, 2.24) is 20.5 Å². The molecule has 2 unspecified atom stereocenters. The first-order valence-corrected chi connectivity index (χ1v) is 10.7. The molecule has 2 heterocycles. The third kappa shape index (κ3) is 6.70. The number of likely N-dealkylation sites (tertiary alicyclic amines) is 1. The van der Waals surface area contributed by atoms with Crippen LogP contribution in [0.2, 0.25) is 0 Å². The largest absolute Gasteiger partial charge is 0.356 e. The number of nitrogens with zero attached hydrogens (tertiary/aromatic N) is 3. The predicted octanol–water partition coefficient (Wildman–Crippen LogP) is 3.69. The Morgan fingerprint density at radius 1 is 1.32 bits per heavy atom. The van der Waals surface area contributed by atoms with E-state index >= 15 is 0 Å². The molecule has 1 aliphatic heterocycles. The molecule has 0 aliphatic carbocycles. The Morgan fingerprint density at radius 3 is 2.79 bits per heavy atom. The topological polar surface area (TPSA) is 52.6 Å². The lowest BCUT2D eigenvalue weighted by Crippen LogP contribution is -2.45. The van der Waals surface area contributed by atoms with Crippen molar-refractivity contribution >= 4 is 41.3 Å². The van der Waals surface area contributed by atoms with Gasteiger partial charge < -0.3 is 10.6 Å². The average molecular weight is 513 g/mol. The first-order chi connectivity index (χ1) is 13.2. The molecule has 1 saturated heterocycles. The maximum absolute atomic E-state index is 4.63. The van der Waals surface area contributed by atoms with E-state index in [2.05, 4.69) is 75.1 Å². The predicted molar refractivity (Wildman–Crippen MR) is 130 cm³/mol. The zero-order valence-corrected chi connectivity index (χ0v) is 20.2. The van der Waals surface area contributed by atoms with Gasteiger partial charge in [-0.05, 0) is 25.3 Å². The van der Waals surface area contributed by atoms with Gasteiger partial charge in [0.15, 0.2) is 5.96 Å². The first-order valence-electron chi connectivity index (χ1n) is 9.86. The van der Waals surface area contributed by atoms with E-state index in [0.717, 1.165) is 44.9 Å². The number of aryl methyl sites for hydroxylation is 1. The number of aromatic nitrogens is 1. The Balaban J connectivity index is 0.00000280. The van der Waals surface area contributed by atoms with Crippen LogP contribution in [0.4, 0.5) is 0 Å². The van der Waals surface area contributed by atoms with Crippen LogP contribution in [-0.2, 0) is 19.4 Å². The molecule has 7 heteroatoms. The van der Waals surface area contributed by atoms with E-state index in [1.54, 1.807) is 11.3 Å². The summed E-state index contributed by atoms with van der Waals surface area (Å²) in [6, 6.07) is 11.7. The van der Waals surface area contributed by atoms with Gasteiger partial charge >= 0.3 is 0 Å². The first kappa shape index (κ1) is 23.1. The van der Waals surface area contributed by atoms with Crippen molar-refractivity contribution < 1.29 is 0 Å². The number of nitrogens with one attached hydrogen (secondary N) is 2. The highest BCUT2D eigenvalue weighted by Crippen LogP contribution is 2.20. The van der Waals surface area contributed by atoms with Gasteiger partial charge in [0.05, 0.1) is 10.7 Å². The van der Waals surface area contributed by atoms with E-state index in [1.807, 2.05) is 7.05 Å². The summed E-state index contributed by atoms with van der Waals surface area (Å²) in [5.41, 5.74) is 2.55. The molecule has 3 rings (SSSR count). The van der Waals surface area contributed by atoms with Crippen LogP contribution in [-0.4, -0.2) is 48.1 Å². The number of aliphatic imine (C=N–C) groups is 1. The van der Waals surface area contributed by atoms with Gasteiger partial charge in [0.2, 0.25) is 0 Å². The quantitative estimate of drug-likeness (QED) is 0.337. The van der Waals surface area contributed by atoms with Crippen molar-refractivity contribution in [2.24, 2.45) is 4.99 Å². The smallest absolute Gasteiger partial charge is 0.191 e. The summed E-state index contributed by atoms with van der Waals surface area (Å²) in [7, 11) is 1.84. The summed E-state index contributed by atoms with van der Waals surface area (Å²) in [4.78, 5) is 11.6. The second kappa shape index (κ2) is 11.7. The fourth-order valence-corrected chi connectivity index (χ4v) is 4.34. The van der Waals surface area contributed by atoms with Crippen molar-refractivity contribution in [3.63, 3.8) is 0 Å². The van der Waals surface area contributed by atoms with Crippen molar-refractivity contribution in [1.29, 1.82) is 0 Å². The van der Waals surface area contributed by atoms with Gasteiger partial charge in [-0.1, -0.05) is 37.3 Å². The number of hydrogen-bond donors (Lipinski definition) is 2. The number of halogens is 1. The van der Waals surface area contributed by atoms with Gasteiger partial charge in [-0.2, -0.15) is 0 Å². The molecule has 2 N–H and O–H groups in total. The van der Waals surface area contributed by atoms with Crippen LogP contribution in [0.1, 0.15) is 36.5 Å². The molecule has 154 valence electrons. The fraction of sp³-hybridized carbons (Fsp3) is 0.524. The molecule has 5 nitrogen and oxygen atoms in total. The molecule has 1 fully saturated rings. The zero-order valence-electron chi connectivity index (χ0n) is 17.0. The molecular formula is C21H32IN5S. The summed E-state index contributed by atoms with van der Waals surface area (Å²) in [6.07, 6.45) is 3.08. The van der Waals surface area contributed by atoms with Gasteiger partial charge in [0, 0.05) is 50.6 Å². The average Bonchev–Trinajstić information content (AvgIpc) is 3.28. The highest BCUT2D eigenvalue weighted by molar-refractivity contribution is 14.0. The normalized spacial score (nSPS) is 20.0. The fourth-order valence-electron chi connectivity index (χ4n) is 3.56. The van der Waals surface area contributed by atoms with Crippen molar-refractivity contribution in [3.05, 3.63) is 52.0 Å². The Bertz CT molecular complexity index is 733. The van der Waals surface area contributed by atoms with E-state index < -0.39 is 0 Å². The molecule has 1 aliphatic rings. The van der Waals surface area contributed by atoms with Crippen LogP contribution < -0.4 is 10.6 Å². The van der Waals surface area contributed by atoms with Crippen LogP contribution in [0.5, 0.6) is 0 Å². The Labute approximate surface area is 190 Å². The lowest BCUT2D eigenvalue weighted by atomic mass is 10.2. The van der Waals surface area contributed by atoms with Crippen molar-refractivity contribution in [2.45, 2.75) is 51.7 Å². The summed E-state index contributed by atoms with van der Waals surface area (Å²) in [5.74, 6) is 0.889. The van der Waals surface area contributed by atoms with Crippen molar-refractivity contribution in [3.8, 4) is 0 Å². The molecule has 0 amide bonds. The Morgan fingerprint density at radius 2 is 2.11 bits per heavy atom. The maximum atomic E-state index is 4.63. The number of guanidine groups is 1. The highest BCUT2D eigenvalue weighted by atomic mass is 127. The van der Waals surface area contributed by atoms with E-state index in [0.29, 0.717) is 12.1 Å². The molecule has 2 atom stereocenters. The monoisotopic (exact) mass is 513 g/mol. The molecule has 0 saturated carbocycles. The van der Waals surface area contributed by atoms with Gasteiger partial charge in [-0.15, -0.1) is 35.3 Å². The molecular weight excluding hydrogens is 481 g/mol. The maximum Gasteiger partial charge on any atom is 0.191 e. The van der Waals surface area contributed by atoms with Crippen LogP contribution in [0.15, 0.2) is 40.7 Å². The molecule has 1 aromatic heterocycles. The molecule has 1 aromatic carbocycles. The molecule has 0 radical (unpaired) electrons. The lowest BCUT2D eigenvalue weighted by Gasteiger charge is -2.21. The summed E-state index contributed by atoms with van der Waals surface area (Å²) in [6.45, 7) is 7.37. The second-order valence-electron chi connectivity index (χ2n) is 7.18. The third-order valence-electron chi connectivity index (χ3n) is 5.07. The van der Waals surface area contributed by atoms with Gasteiger partial charge in [-0.3, -0.25) is 9.89 Å². The molecule has 2 aromatic rings. The van der Waals surface area contributed by atoms with E-state index in [4.69, 9.17) is 0 Å². The van der Waals surface area contributed by atoms with Crippen molar-refractivity contribution in [2.75, 3.05) is 20.1 Å². The van der Waals surface area contributed by atoms with Crippen LogP contribution in [0.25, 0.3) is 0 Å². The second-order valence-corrected chi connectivity index (χ2v) is 8.12. The minimum absolute atomic E-state index is 0. The lowest BCUT2D eigenvalue weighted by molar-refractivity contribution is 0.258. The van der Waals surface area contributed by atoms with Gasteiger partial charge in [-0.25, -0.2) is 4.98 Å². The summed E-state index contributed by atoms with van der Waals surface area (Å²) < 4.78 is 0.